The molecule has 2 aromatic rings. The number of amidine groups is 1. The van der Waals surface area contributed by atoms with Gasteiger partial charge in [-0.05, 0) is 26.0 Å². The second-order valence-corrected chi connectivity index (χ2v) is 8.20. The van der Waals surface area contributed by atoms with E-state index < -0.39 is 29.9 Å². The predicted octanol–water partition coefficient (Wildman–Crippen LogP) is 4.17. The normalized spacial score (nSPS) is 16.9. The summed E-state index contributed by atoms with van der Waals surface area (Å²) in [5.41, 5.74) is 1.02. The van der Waals surface area contributed by atoms with Gasteiger partial charge >= 0.3 is 11.9 Å². The van der Waals surface area contributed by atoms with Crippen molar-refractivity contribution in [2.24, 2.45) is 4.99 Å². The highest BCUT2D eigenvalue weighted by atomic mass is 79.9. The number of benzene rings is 1. The Balaban J connectivity index is 2.05. The largest absolute Gasteiger partial charge is 0.463 e. The third kappa shape index (κ3) is 5.31. The molecule has 2 atom stereocenters. The Hall–Kier alpha value is -2.30. The molecule has 7 nitrogen and oxygen atoms in total. The number of aliphatic imine (C=N–C) groups is 1. The number of hydrogen-bond acceptors (Lipinski definition) is 8. The quantitative estimate of drug-likeness (QED) is 0.427. The van der Waals surface area contributed by atoms with Crippen LogP contribution < -0.4 is 5.32 Å². The Morgan fingerprint density at radius 2 is 2.19 bits per heavy atom. The molecule has 1 N–H and O–H groups in total. The molecule has 2 heterocycles. The predicted molar refractivity (Wildman–Crippen MR) is 119 cm³/mol. The minimum absolute atomic E-state index is 0.104. The van der Waals surface area contributed by atoms with Gasteiger partial charge in [0.15, 0.2) is 16.9 Å². The molecule has 0 amide bonds. The molecule has 31 heavy (non-hydrogen) atoms. The zero-order valence-corrected chi connectivity index (χ0v) is 19.7. The summed E-state index contributed by atoms with van der Waals surface area (Å²) in [6.45, 7) is 3.24. The number of halogens is 3. The van der Waals surface area contributed by atoms with Crippen molar-refractivity contribution in [1.82, 2.24) is 10.3 Å². The number of aromatic nitrogens is 1. The van der Waals surface area contributed by atoms with Crippen molar-refractivity contribution < 1.29 is 23.5 Å². The lowest BCUT2D eigenvalue weighted by atomic mass is 9.96. The monoisotopic (exact) mass is 529 g/mol. The number of carbonyl (C=O) groups excluding carboxylic acids is 2. The van der Waals surface area contributed by atoms with Crippen molar-refractivity contribution in [1.29, 1.82) is 0 Å². The molecule has 0 saturated carbocycles. The van der Waals surface area contributed by atoms with Gasteiger partial charge in [-0.15, -0.1) is 11.3 Å². The molecule has 0 spiro atoms. The SMILES string of the molecule is CCOC(=O)[C@@H](C)OC(=O)C1=C(CBr)NC(c2nccs2)=N[C@H]1c1ccc(F)cc1Cl. The minimum atomic E-state index is -1.12. The Bertz CT molecular complexity index is 1050. The van der Waals surface area contributed by atoms with Gasteiger partial charge in [-0.3, -0.25) is 4.99 Å². The van der Waals surface area contributed by atoms with Crippen molar-refractivity contribution in [2.75, 3.05) is 11.9 Å². The van der Waals surface area contributed by atoms with Crippen LogP contribution in [0.4, 0.5) is 4.39 Å². The molecule has 0 radical (unpaired) electrons. The van der Waals surface area contributed by atoms with Gasteiger partial charge in [-0.1, -0.05) is 33.6 Å². The second-order valence-electron chi connectivity index (χ2n) is 6.33. The summed E-state index contributed by atoms with van der Waals surface area (Å²) in [6, 6.07) is 2.95. The standard InChI is InChI=1S/C20H18BrClFN3O4S/c1-3-29-19(27)10(2)30-20(28)15-14(9-21)25-17(18-24-6-7-31-18)26-16(15)12-5-4-11(23)8-13(12)22/h4-8,10,16H,3,9H2,1-2H3,(H,25,26)/t10-,16+/m1/s1. The molecule has 1 aliphatic rings. The number of rotatable bonds is 7. The minimum Gasteiger partial charge on any atom is -0.463 e. The summed E-state index contributed by atoms with van der Waals surface area (Å²) >= 11 is 11.0. The summed E-state index contributed by atoms with van der Waals surface area (Å²) in [6.07, 6.45) is 0.511. The van der Waals surface area contributed by atoms with E-state index in [0.717, 1.165) is 6.07 Å². The van der Waals surface area contributed by atoms with Gasteiger partial charge in [0, 0.05) is 33.2 Å². The van der Waals surface area contributed by atoms with Crippen LogP contribution in [0.1, 0.15) is 30.5 Å². The first kappa shape index (κ1) is 23.4. The van der Waals surface area contributed by atoms with Crippen LogP contribution in [0, 0.1) is 5.82 Å². The zero-order valence-electron chi connectivity index (χ0n) is 16.5. The van der Waals surface area contributed by atoms with E-state index in [1.165, 1.54) is 30.4 Å². The van der Waals surface area contributed by atoms with E-state index in [9.17, 15) is 14.0 Å². The molecule has 11 heteroatoms. The van der Waals surface area contributed by atoms with Gasteiger partial charge in [0.2, 0.25) is 0 Å². The topological polar surface area (TPSA) is 89.9 Å². The lowest BCUT2D eigenvalue weighted by molar-refractivity contribution is -0.164. The van der Waals surface area contributed by atoms with E-state index in [-0.39, 0.29) is 22.5 Å². The summed E-state index contributed by atoms with van der Waals surface area (Å²) in [7, 11) is 0. The Morgan fingerprint density at radius 1 is 1.42 bits per heavy atom. The van der Waals surface area contributed by atoms with Crippen LogP contribution in [0.5, 0.6) is 0 Å². The van der Waals surface area contributed by atoms with E-state index in [1.807, 2.05) is 0 Å². The number of allylic oxidation sites excluding steroid dienone is 1. The third-order valence-corrected chi connectivity index (χ3v) is 5.94. The molecule has 0 unspecified atom stereocenters. The van der Waals surface area contributed by atoms with Gasteiger partial charge in [0.05, 0.1) is 12.2 Å². The maximum atomic E-state index is 13.6. The zero-order chi connectivity index (χ0) is 22.5. The Labute approximate surface area is 195 Å². The number of ether oxygens (including phenoxy) is 2. The highest BCUT2D eigenvalue weighted by molar-refractivity contribution is 9.09. The lowest BCUT2D eigenvalue weighted by Crippen LogP contribution is -2.36. The number of nitrogens with one attached hydrogen (secondary N) is 1. The number of esters is 2. The lowest BCUT2D eigenvalue weighted by Gasteiger charge is -2.27. The highest BCUT2D eigenvalue weighted by Crippen LogP contribution is 2.37. The van der Waals surface area contributed by atoms with Gasteiger partial charge in [0.25, 0.3) is 0 Å². The Kier molecular flexibility index (Phi) is 7.79. The maximum Gasteiger partial charge on any atom is 0.347 e. The highest BCUT2D eigenvalue weighted by Gasteiger charge is 2.35. The number of hydrogen-bond donors (Lipinski definition) is 1. The van der Waals surface area contributed by atoms with Crippen LogP contribution in [0.15, 0.2) is 46.0 Å². The van der Waals surface area contributed by atoms with Crippen molar-refractivity contribution in [3.05, 3.63) is 62.5 Å². The molecular formula is C20H18BrClFN3O4S. The van der Waals surface area contributed by atoms with Gasteiger partial charge in [0.1, 0.15) is 11.9 Å². The van der Waals surface area contributed by atoms with E-state index in [1.54, 1.807) is 18.5 Å². The fraction of sp³-hybridized carbons (Fsp3) is 0.300. The van der Waals surface area contributed by atoms with E-state index in [0.29, 0.717) is 22.1 Å². The molecule has 0 fully saturated rings. The van der Waals surface area contributed by atoms with Crippen molar-refractivity contribution in [3.8, 4) is 0 Å². The van der Waals surface area contributed by atoms with Crippen LogP contribution in [0.2, 0.25) is 5.02 Å². The molecule has 0 bridgehead atoms. The first-order valence-corrected chi connectivity index (χ1v) is 11.6. The smallest absolute Gasteiger partial charge is 0.347 e. The fourth-order valence-corrected chi connectivity index (χ4v) is 4.17. The third-order valence-electron chi connectivity index (χ3n) is 4.27. The summed E-state index contributed by atoms with van der Waals surface area (Å²) < 4.78 is 23.9. The average molecular weight is 531 g/mol. The second kappa shape index (κ2) is 10.3. The number of carbonyl (C=O) groups is 2. The average Bonchev–Trinajstić information content (AvgIpc) is 3.27. The van der Waals surface area contributed by atoms with Crippen molar-refractivity contribution in [2.45, 2.75) is 26.0 Å². The number of nitrogens with zero attached hydrogens (tertiary/aromatic N) is 2. The number of alkyl halides is 1. The van der Waals surface area contributed by atoms with E-state index >= 15 is 0 Å². The van der Waals surface area contributed by atoms with Crippen LogP contribution in [0.25, 0.3) is 0 Å². The first-order chi connectivity index (χ1) is 14.8. The van der Waals surface area contributed by atoms with Crippen molar-refractivity contribution in [3.63, 3.8) is 0 Å². The van der Waals surface area contributed by atoms with Crippen molar-refractivity contribution >= 4 is 56.6 Å². The van der Waals surface area contributed by atoms with Crippen LogP contribution in [-0.4, -0.2) is 40.8 Å². The molecule has 0 saturated heterocycles. The first-order valence-electron chi connectivity index (χ1n) is 9.21. The summed E-state index contributed by atoms with van der Waals surface area (Å²) in [5.74, 6) is -1.51. The summed E-state index contributed by atoms with van der Waals surface area (Å²) in [4.78, 5) is 33.9. The molecular weight excluding hydrogens is 513 g/mol. The van der Waals surface area contributed by atoms with Crippen LogP contribution in [0.3, 0.4) is 0 Å². The van der Waals surface area contributed by atoms with Crippen LogP contribution in [-0.2, 0) is 19.1 Å². The van der Waals surface area contributed by atoms with E-state index in [4.69, 9.17) is 21.1 Å². The van der Waals surface area contributed by atoms with Gasteiger partial charge < -0.3 is 14.8 Å². The molecule has 164 valence electrons. The summed E-state index contributed by atoms with van der Waals surface area (Å²) in [5, 5.41) is 5.85. The molecule has 1 aromatic heterocycles. The van der Waals surface area contributed by atoms with Gasteiger partial charge in [-0.2, -0.15) is 0 Å². The maximum absolute atomic E-state index is 13.6. The molecule has 3 rings (SSSR count). The Morgan fingerprint density at radius 3 is 2.81 bits per heavy atom. The molecule has 0 aliphatic carbocycles. The van der Waals surface area contributed by atoms with E-state index in [2.05, 4.69) is 31.2 Å². The number of thiazole rings is 1. The fourth-order valence-electron chi connectivity index (χ4n) is 2.87. The molecule has 1 aliphatic heterocycles. The van der Waals surface area contributed by atoms with Crippen LogP contribution >= 0.6 is 38.9 Å². The molecule has 1 aromatic carbocycles. The van der Waals surface area contributed by atoms with Gasteiger partial charge in [-0.25, -0.2) is 19.0 Å².